The Labute approximate surface area is 103 Å². The van der Waals surface area contributed by atoms with E-state index in [9.17, 15) is 0 Å². The molecule has 0 amide bonds. The lowest BCUT2D eigenvalue weighted by molar-refractivity contribution is 0.483. The number of nitrogens with one attached hydrogen (secondary N) is 1. The fraction of sp³-hybridized carbons (Fsp3) is 0.167. The summed E-state index contributed by atoms with van der Waals surface area (Å²) in [6.45, 7) is 1.65. The first-order chi connectivity index (χ1) is 7.34. The van der Waals surface area contributed by atoms with Gasteiger partial charge in [-0.1, -0.05) is 12.1 Å². The van der Waals surface area contributed by atoms with E-state index < -0.39 is 0 Å². The van der Waals surface area contributed by atoms with Crippen LogP contribution in [-0.2, 0) is 13.1 Å². The Hall–Kier alpha value is -0.810. The molecule has 2 nitrogen and oxygen atoms in total. The maximum Gasteiger partial charge on any atom is 0.117 e. The van der Waals surface area contributed by atoms with Gasteiger partial charge in [-0.2, -0.15) is 0 Å². The predicted octanol–water partition coefficient (Wildman–Crippen LogP) is 3.17. The Bertz CT molecular complexity index is 394. The van der Waals surface area contributed by atoms with Crippen LogP contribution in [0.4, 0.5) is 0 Å². The van der Waals surface area contributed by atoms with E-state index >= 15 is 0 Å². The van der Waals surface area contributed by atoms with Gasteiger partial charge in [0.25, 0.3) is 0 Å². The van der Waals surface area contributed by atoms with Crippen molar-refractivity contribution < 1.29 is 4.42 Å². The van der Waals surface area contributed by atoms with Crippen LogP contribution in [0.15, 0.2) is 47.1 Å². The summed E-state index contributed by atoms with van der Waals surface area (Å²) in [4.78, 5) is 0. The lowest BCUT2D eigenvalue weighted by Gasteiger charge is -2.02. The topological polar surface area (TPSA) is 25.2 Å². The van der Waals surface area contributed by atoms with E-state index in [1.54, 1.807) is 6.26 Å². The standard InChI is InChI=1S/C12H12INO/c13-11-5-3-10(4-6-11)8-14-9-12-2-1-7-15-12/h1-7,14H,8-9H2. The van der Waals surface area contributed by atoms with Gasteiger partial charge in [0, 0.05) is 10.1 Å². The van der Waals surface area contributed by atoms with Crippen molar-refractivity contribution in [1.29, 1.82) is 0 Å². The Balaban J connectivity index is 1.81. The third-order valence-corrected chi connectivity index (χ3v) is 2.84. The van der Waals surface area contributed by atoms with E-state index in [4.69, 9.17) is 4.42 Å². The molecule has 0 aliphatic carbocycles. The van der Waals surface area contributed by atoms with Gasteiger partial charge in [-0.3, -0.25) is 0 Å². The number of benzene rings is 1. The van der Waals surface area contributed by atoms with Crippen LogP contribution in [0.3, 0.4) is 0 Å². The van der Waals surface area contributed by atoms with Crippen LogP contribution in [-0.4, -0.2) is 0 Å². The molecule has 0 bridgehead atoms. The third kappa shape index (κ3) is 3.35. The van der Waals surface area contributed by atoms with Gasteiger partial charge in [0.15, 0.2) is 0 Å². The second-order valence-corrected chi connectivity index (χ2v) is 4.56. The predicted molar refractivity (Wildman–Crippen MR) is 68.4 cm³/mol. The molecule has 0 fully saturated rings. The van der Waals surface area contributed by atoms with Crippen LogP contribution in [0, 0.1) is 3.57 Å². The number of rotatable bonds is 4. The zero-order valence-corrected chi connectivity index (χ0v) is 10.4. The molecule has 0 unspecified atom stereocenters. The Kier molecular flexibility index (Phi) is 3.80. The Morgan fingerprint density at radius 3 is 2.53 bits per heavy atom. The molecule has 1 heterocycles. The van der Waals surface area contributed by atoms with Crippen LogP contribution in [0.5, 0.6) is 0 Å². The van der Waals surface area contributed by atoms with Crippen LogP contribution in [0.25, 0.3) is 0 Å². The smallest absolute Gasteiger partial charge is 0.117 e. The summed E-state index contributed by atoms with van der Waals surface area (Å²) in [6, 6.07) is 12.4. The summed E-state index contributed by atoms with van der Waals surface area (Å²) in [7, 11) is 0. The number of halogens is 1. The first-order valence-corrected chi connectivity index (χ1v) is 5.90. The van der Waals surface area contributed by atoms with Crippen molar-refractivity contribution in [3.8, 4) is 0 Å². The summed E-state index contributed by atoms with van der Waals surface area (Å²) in [6.07, 6.45) is 1.70. The molecule has 2 aromatic rings. The summed E-state index contributed by atoms with van der Waals surface area (Å²) in [5.41, 5.74) is 1.29. The average Bonchev–Trinajstić information content (AvgIpc) is 2.74. The molecule has 1 aromatic heterocycles. The van der Waals surface area contributed by atoms with Gasteiger partial charge in [0.2, 0.25) is 0 Å². The largest absolute Gasteiger partial charge is 0.468 e. The molecule has 0 aliphatic heterocycles. The molecular formula is C12H12INO. The highest BCUT2D eigenvalue weighted by atomic mass is 127. The molecule has 0 saturated carbocycles. The molecule has 1 aromatic carbocycles. The van der Waals surface area contributed by atoms with Crippen molar-refractivity contribution in [3.63, 3.8) is 0 Å². The van der Waals surface area contributed by atoms with Gasteiger partial charge >= 0.3 is 0 Å². The van der Waals surface area contributed by atoms with Crippen LogP contribution >= 0.6 is 22.6 Å². The van der Waals surface area contributed by atoms with Crippen molar-refractivity contribution in [3.05, 3.63) is 57.6 Å². The normalized spacial score (nSPS) is 10.5. The fourth-order valence-electron chi connectivity index (χ4n) is 1.35. The molecule has 0 saturated heterocycles. The van der Waals surface area contributed by atoms with E-state index in [0.717, 1.165) is 18.8 Å². The number of furan rings is 1. The molecule has 0 radical (unpaired) electrons. The summed E-state index contributed by atoms with van der Waals surface area (Å²) in [5, 5.41) is 3.33. The minimum absolute atomic E-state index is 0.777. The second kappa shape index (κ2) is 5.32. The van der Waals surface area contributed by atoms with E-state index in [0.29, 0.717) is 0 Å². The lowest BCUT2D eigenvalue weighted by Crippen LogP contribution is -2.11. The number of hydrogen-bond donors (Lipinski definition) is 1. The summed E-state index contributed by atoms with van der Waals surface area (Å²) in [5.74, 6) is 0.973. The first kappa shape index (κ1) is 10.7. The average molecular weight is 313 g/mol. The molecule has 0 aliphatic rings. The molecule has 0 atom stereocenters. The molecule has 1 N–H and O–H groups in total. The Morgan fingerprint density at radius 2 is 1.87 bits per heavy atom. The maximum absolute atomic E-state index is 5.23. The van der Waals surface area contributed by atoms with Gasteiger partial charge in [0.05, 0.1) is 12.8 Å². The van der Waals surface area contributed by atoms with E-state index in [-0.39, 0.29) is 0 Å². The first-order valence-electron chi connectivity index (χ1n) is 4.82. The quantitative estimate of drug-likeness (QED) is 0.877. The van der Waals surface area contributed by atoms with Gasteiger partial charge in [-0.05, 0) is 52.4 Å². The number of hydrogen-bond acceptors (Lipinski definition) is 2. The van der Waals surface area contributed by atoms with Gasteiger partial charge in [0.1, 0.15) is 5.76 Å². The zero-order valence-electron chi connectivity index (χ0n) is 8.24. The van der Waals surface area contributed by atoms with Gasteiger partial charge < -0.3 is 9.73 Å². The van der Waals surface area contributed by atoms with Crippen molar-refractivity contribution in [2.45, 2.75) is 13.1 Å². The molecule has 15 heavy (non-hydrogen) atoms. The molecule has 3 heteroatoms. The van der Waals surface area contributed by atoms with Crippen molar-refractivity contribution >= 4 is 22.6 Å². The van der Waals surface area contributed by atoms with Gasteiger partial charge in [-0.15, -0.1) is 0 Å². The second-order valence-electron chi connectivity index (χ2n) is 3.31. The van der Waals surface area contributed by atoms with E-state index in [1.807, 2.05) is 12.1 Å². The molecular weight excluding hydrogens is 301 g/mol. The zero-order chi connectivity index (χ0) is 10.5. The summed E-state index contributed by atoms with van der Waals surface area (Å²) >= 11 is 2.31. The van der Waals surface area contributed by atoms with Crippen LogP contribution in [0.2, 0.25) is 0 Å². The molecule has 2 rings (SSSR count). The fourth-order valence-corrected chi connectivity index (χ4v) is 1.71. The SMILES string of the molecule is Ic1ccc(CNCc2ccco2)cc1. The van der Waals surface area contributed by atoms with Gasteiger partial charge in [-0.25, -0.2) is 0 Å². The minimum Gasteiger partial charge on any atom is -0.468 e. The Morgan fingerprint density at radius 1 is 1.07 bits per heavy atom. The van der Waals surface area contributed by atoms with Crippen molar-refractivity contribution in [2.24, 2.45) is 0 Å². The minimum atomic E-state index is 0.777. The van der Waals surface area contributed by atoms with Crippen molar-refractivity contribution in [1.82, 2.24) is 5.32 Å². The van der Waals surface area contributed by atoms with E-state index in [2.05, 4.69) is 52.2 Å². The van der Waals surface area contributed by atoms with Crippen molar-refractivity contribution in [2.75, 3.05) is 0 Å². The highest BCUT2D eigenvalue weighted by molar-refractivity contribution is 14.1. The third-order valence-electron chi connectivity index (χ3n) is 2.12. The van der Waals surface area contributed by atoms with Crippen LogP contribution in [0.1, 0.15) is 11.3 Å². The lowest BCUT2D eigenvalue weighted by atomic mass is 10.2. The maximum atomic E-state index is 5.23. The van der Waals surface area contributed by atoms with E-state index in [1.165, 1.54) is 9.13 Å². The summed E-state index contributed by atoms with van der Waals surface area (Å²) < 4.78 is 6.49. The van der Waals surface area contributed by atoms with Crippen LogP contribution < -0.4 is 5.32 Å². The molecule has 78 valence electrons. The molecule has 0 spiro atoms. The highest BCUT2D eigenvalue weighted by Gasteiger charge is 1.95. The monoisotopic (exact) mass is 313 g/mol. The highest BCUT2D eigenvalue weighted by Crippen LogP contribution is 2.07.